The van der Waals surface area contributed by atoms with Crippen molar-refractivity contribution in [2.75, 3.05) is 6.54 Å². The van der Waals surface area contributed by atoms with E-state index in [1.165, 1.54) is 37.8 Å². The van der Waals surface area contributed by atoms with E-state index in [1.54, 1.807) is 0 Å². The van der Waals surface area contributed by atoms with Crippen molar-refractivity contribution in [3.05, 3.63) is 18.0 Å². The molecule has 102 valence electrons. The molecule has 3 nitrogen and oxygen atoms in total. The van der Waals surface area contributed by atoms with E-state index in [0.717, 1.165) is 18.7 Å². The highest BCUT2D eigenvalue weighted by Gasteiger charge is 2.16. The predicted molar refractivity (Wildman–Crippen MR) is 78.8 cm³/mol. The average molecular weight is 267 g/mol. The van der Waals surface area contributed by atoms with Gasteiger partial charge in [0.05, 0.1) is 11.7 Å². The highest BCUT2D eigenvalue weighted by Crippen LogP contribution is 2.28. The van der Waals surface area contributed by atoms with Crippen molar-refractivity contribution in [2.45, 2.75) is 62.5 Å². The lowest BCUT2D eigenvalue weighted by atomic mass is 9.96. The Balaban J connectivity index is 1.82. The van der Waals surface area contributed by atoms with E-state index in [9.17, 15) is 0 Å². The van der Waals surface area contributed by atoms with E-state index in [2.05, 4.69) is 23.9 Å². The van der Waals surface area contributed by atoms with Crippen LogP contribution in [-0.2, 0) is 5.75 Å². The second-order valence-corrected chi connectivity index (χ2v) is 6.70. The molecule has 1 aliphatic rings. The lowest BCUT2D eigenvalue weighted by Gasteiger charge is -2.21. The molecular formula is C14H25N3S. The Morgan fingerprint density at radius 2 is 2.22 bits per heavy atom. The number of rotatable bonds is 6. The normalized spacial score (nSPS) is 19.0. The van der Waals surface area contributed by atoms with Crippen LogP contribution in [-0.4, -0.2) is 21.6 Å². The van der Waals surface area contributed by atoms with Gasteiger partial charge in [0.15, 0.2) is 0 Å². The molecule has 2 N–H and O–H groups in total. The van der Waals surface area contributed by atoms with Crippen LogP contribution in [0.25, 0.3) is 0 Å². The largest absolute Gasteiger partial charge is 0.330 e. The van der Waals surface area contributed by atoms with Crippen LogP contribution >= 0.6 is 11.8 Å². The minimum atomic E-state index is 0.634. The second kappa shape index (κ2) is 7.19. The summed E-state index contributed by atoms with van der Waals surface area (Å²) in [6, 6.07) is 2.83. The monoisotopic (exact) mass is 267 g/mol. The molecule has 1 atom stereocenters. The number of aromatic nitrogens is 2. The van der Waals surface area contributed by atoms with Gasteiger partial charge in [-0.05, 0) is 31.9 Å². The summed E-state index contributed by atoms with van der Waals surface area (Å²) in [5.74, 6) is 1.01. The first-order valence-corrected chi connectivity index (χ1v) is 8.20. The average Bonchev–Trinajstić information content (AvgIpc) is 2.87. The van der Waals surface area contributed by atoms with Crippen LogP contribution in [0.15, 0.2) is 12.3 Å². The zero-order chi connectivity index (χ0) is 12.8. The zero-order valence-electron chi connectivity index (χ0n) is 11.3. The Hall–Kier alpha value is -0.480. The summed E-state index contributed by atoms with van der Waals surface area (Å²) >= 11 is 1.96. The summed E-state index contributed by atoms with van der Waals surface area (Å²) in [6.07, 6.45) is 9.99. The van der Waals surface area contributed by atoms with Gasteiger partial charge in [0.1, 0.15) is 0 Å². The molecular weight excluding hydrogens is 242 g/mol. The summed E-state index contributed by atoms with van der Waals surface area (Å²) in [7, 11) is 0. The molecule has 0 saturated heterocycles. The summed E-state index contributed by atoms with van der Waals surface area (Å²) in [5.41, 5.74) is 6.78. The van der Waals surface area contributed by atoms with Crippen LogP contribution in [0.1, 0.15) is 57.2 Å². The zero-order valence-corrected chi connectivity index (χ0v) is 12.2. The first-order chi connectivity index (χ1) is 8.79. The van der Waals surface area contributed by atoms with Crippen molar-refractivity contribution in [3.8, 4) is 0 Å². The maximum atomic E-state index is 5.57. The minimum Gasteiger partial charge on any atom is -0.330 e. The van der Waals surface area contributed by atoms with Crippen molar-refractivity contribution in [1.82, 2.24) is 9.78 Å². The van der Waals surface area contributed by atoms with Gasteiger partial charge < -0.3 is 5.73 Å². The molecule has 1 aromatic heterocycles. The Morgan fingerprint density at radius 3 is 2.94 bits per heavy atom. The molecule has 4 heteroatoms. The number of nitrogens with two attached hydrogens (primary N) is 1. The number of hydrogen-bond donors (Lipinski definition) is 1. The van der Waals surface area contributed by atoms with Gasteiger partial charge in [-0.1, -0.05) is 26.2 Å². The summed E-state index contributed by atoms with van der Waals surface area (Å²) in [4.78, 5) is 0. The van der Waals surface area contributed by atoms with Gasteiger partial charge in [0.2, 0.25) is 0 Å². The highest BCUT2D eigenvalue weighted by atomic mass is 32.2. The molecule has 2 rings (SSSR count). The second-order valence-electron chi connectivity index (χ2n) is 5.28. The number of thioether (sulfide) groups is 1. The summed E-state index contributed by atoms with van der Waals surface area (Å²) in [5, 5.41) is 5.36. The fourth-order valence-electron chi connectivity index (χ4n) is 2.55. The predicted octanol–water partition coefficient (Wildman–Crippen LogP) is 3.36. The SMILES string of the molecule is CC(CCN)SCc1ccn(C2CCCCC2)n1. The quantitative estimate of drug-likeness (QED) is 0.859. The van der Waals surface area contributed by atoms with E-state index >= 15 is 0 Å². The van der Waals surface area contributed by atoms with Gasteiger partial charge in [0.25, 0.3) is 0 Å². The Bertz CT molecular complexity index is 345. The van der Waals surface area contributed by atoms with Crippen molar-refractivity contribution in [2.24, 2.45) is 5.73 Å². The molecule has 0 aromatic carbocycles. The molecule has 1 unspecified atom stereocenters. The molecule has 1 saturated carbocycles. The third kappa shape index (κ3) is 4.02. The van der Waals surface area contributed by atoms with Crippen LogP contribution in [0.5, 0.6) is 0 Å². The third-order valence-corrected chi connectivity index (χ3v) is 4.97. The Kier molecular flexibility index (Phi) is 5.57. The van der Waals surface area contributed by atoms with Crippen LogP contribution in [0, 0.1) is 0 Å². The van der Waals surface area contributed by atoms with E-state index < -0.39 is 0 Å². The van der Waals surface area contributed by atoms with Gasteiger partial charge >= 0.3 is 0 Å². The molecule has 0 radical (unpaired) electrons. The lowest BCUT2D eigenvalue weighted by molar-refractivity contribution is 0.328. The Labute approximate surface area is 115 Å². The van der Waals surface area contributed by atoms with Gasteiger partial charge in [0, 0.05) is 17.2 Å². The minimum absolute atomic E-state index is 0.634. The molecule has 1 aliphatic carbocycles. The van der Waals surface area contributed by atoms with Crippen LogP contribution in [0.4, 0.5) is 0 Å². The van der Waals surface area contributed by atoms with Crippen molar-refractivity contribution < 1.29 is 0 Å². The molecule has 18 heavy (non-hydrogen) atoms. The summed E-state index contributed by atoms with van der Waals surface area (Å²) < 4.78 is 2.20. The van der Waals surface area contributed by atoms with Crippen LogP contribution in [0.2, 0.25) is 0 Å². The van der Waals surface area contributed by atoms with E-state index in [-0.39, 0.29) is 0 Å². The van der Waals surface area contributed by atoms with Gasteiger partial charge in [-0.2, -0.15) is 16.9 Å². The van der Waals surface area contributed by atoms with Crippen LogP contribution in [0.3, 0.4) is 0 Å². The van der Waals surface area contributed by atoms with Crippen molar-refractivity contribution >= 4 is 11.8 Å². The number of nitrogens with zero attached hydrogens (tertiary/aromatic N) is 2. The molecule has 0 amide bonds. The molecule has 1 aromatic rings. The fourth-order valence-corrected chi connectivity index (χ4v) is 3.46. The van der Waals surface area contributed by atoms with E-state index in [0.29, 0.717) is 11.3 Å². The topological polar surface area (TPSA) is 43.8 Å². The Morgan fingerprint density at radius 1 is 1.44 bits per heavy atom. The lowest BCUT2D eigenvalue weighted by Crippen LogP contribution is -2.13. The van der Waals surface area contributed by atoms with Gasteiger partial charge in [-0.25, -0.2) is 0 Å². The molecule has 0 aliphatic heterocycles. The summed E-state index contributed by atoms with van der Waals surface area (Å²) in [6.45, 7) is 3.03. The van der Waals surface area contributed by atoms with E-state index in [1.807, 2.05) is 11.8 Å². The molecule has 0 spiro atoms. The fraction of sp³-hybridized carbons (Fsp3) is 0.786. The van der Waals surface area contributed by atoms with E-state index in [4.69, 9.17) is 10.8 Å². The maximum Gasteiger partial charge on any atom is 0.0723 e. The first kappa shape index (κ1) is 13.9. The highest BCUT2D eigenvalue weighted by molar-refractivity contribution is 7.99. The standard InChI is InChI=1S/C14H25N3S/c1-12(7-9-15)18-11-13-8-10-17(16-13)14-5-3-2-4-6-14/h8,10,12,14H,2-7,9,11,15H2,1H3. The molecule has 1 fully saturated rings. The van der Waals surface area contributed by atoms with Gasteiger partial charge in [-0.15, -0.1) is 0 Å². The smallest absolute Gasteiger partial charge is 0.0723 e. The number of hydrogen-bond acceptors (Lipinski definition) is 3. The molecule has 0 bridgehead atoms. The third-order valence-electron chi connectivity index (χ3n) is 3.70. The molecule has 1 heterocycles. The van der Waals surface area contributed by atoms with Crippen LogP contribution < -0.4 is 5.73 Å². The van der Waals surface area contributed by atoms with Crippen molar-refractivity contribution in [1.29, 1.82) is 0 Å². The van der Waals surface area contributed by atoms with Crippen molar-refractivity contribution in [3.63, 3.8) is 0 Å². The first-order valence-electron chi connectivity index (χ1n) is 7.15. The van der Waals surface area contributed by atoms with Gasteiger partial charge in [-0.3, -0.25) is 4.68 Å². The maximum absolute atomic E-state index is 5.57.